The lowest BCUT2D eigenvalue weighted by atomic mass is 9.88. The summed E-state index contributed by atoms with van der Waals surface area (Å²) in [6.07, 6.45) is 6.95. The molecule has 154 valence electrons. The van der Waals surface area contributed by atoms with Gasteiger partial charge >= 0.3 is 0 Å². The Bertz CT molecular complexity index is 996. The van der Waals surface area contributed by atoms with E-state index in [1.165, 1.54) is 6.42 Å². The minimum atomic E-state index is 0.299. The molecule has 0 spiro atoms. The number of fused-ring (bicyclic) bond motifs is 1. The molecule has 3 heterocycles. The largest absolute Gasteiger partial charge is 0.350 e. The number of nitrogens with two attached hydrogens (primary N) is 1. The molecule has 3 aromatic heterocycles. The lowest BCUT2D eigenvalue weighted by Crippen LogP contribution is -2.44. The van der Waals surface area contributed by atoms with E-state index in [9.17, 15) is 0 Å². The third kappa shape index (κ3) is 4.98. The molecule has 29 heavy (non-hydrogen) atoms. The van der Waals surface area contributed by atoms with E-state index >= 15 is 0 Å². The number of hydrogen-bond donors (Lipinski definition) is 2. The molecule has 4 rings (SSSR count). The Morgan fingerprint density at radius 2 is 1.97 bits per heavy atom. The standard InChI is InChI=1S/C19H23N7.C3H8/c1-11(2)22-16-4-5-17(23-12(16)3)15-6-7-26-18(15)10-21-19(25-26)24-14-8-13(20)9-14;1-3-2/h4-7,10,13-14H,8-9,20H2,1-3H3,(H,24,25);3H2,1-2H3. The van der Waals surface area contributed by atoms with Gasteiger partial charge in [0.05, 0.1) is 28.8 Å². The van der Waals surface area contributed by atoms with Gasteiger partial charge in [0.25, 0.3) is 0 Å². The minimum absolute atomic E-state index is 0.299. The molecule has 0 aromatic carbocycles. The minimum Gasteiger partial charge on any atom is -0.350 e. The van der Waals surface area contributed by atoms with E-state index in [2.05, 4.69) is 34.2 Å². The Balaban J connectivity index is 0.000000755. The molecule has 0 radical (unpaired) electrons. The Kier molecular flexibility index (Phi) is 6.59. The SMILES string of the molecule is CC(C)=Nc1ccc(-c2ccn3nc(NC4CC(N)C4)ncc23)nc1C.CCC. The second-order valence-corrected chi connectivity index (χ2v) is 7.78. The molecule has 1 fully saturated rings. The van der Waals surface area contributed by atoms with Gasteiger partial charge in [-0.05, 0) is 51.8 Å². The number of aryl methyl sites for hydroxylation is 1. The molecular weight excluding hydrogens is 362 g/mol. The van der Waals surface area contributed by atoms with E-state index in [4.69, 9.17) is 10.7 Å². The summed E-state index contributed by atoms with van der Waals surface area (Å²) < 4.78 is 1.84. The fraction of sp³-hybridized carbons (Fsp3) is 0.455. The van der Waals surface area contributed by atoms with Gasteiger partial charge in [-0.3, -0.25) is 9.98 Å². The van der Waals surface area contributed by atoms with Crippen LogP contribution in [0.15, 0.2) is 35.6 Å². The Morgan fingerprint density at radius 1 is 1.24 bits per heavy atom. The number of aliphatic imine (C=N–C) groups is 1. The Hall–Kier alpha value is -2.80. The molecule has 1 aliphatic rings. The van der Waals surface area contributed by atoms with Crippen molar-refractivity contribution in [2.75, 3.05) is 5.32 Å². The van der Waals surface area contributed by atoms with Crippen molar-refractivity contribution in [3.8, 4) is 11.3 Å². The molecule has 1 aliphatic carbocycles. The predicted molar refractivity (Wildman–Crippen MR) is 120 cm³/mol. The molecule has 0 aliphatic heterocycles. The average Bonchev–Trinajstić information content (AvgIpc) is 3.06. The van der Waals surface area contributed by atoms with Crippen molar-refractivity contribution in [3.63, 3.8) is 0 Å². The van der Waals surface area contributed by atoms with Crippen LogP contribution in [0.3, 0.4) is 0 Å². The van der Waals surface area contributed by atoms with Crippen molar-refractivity contribution >= 4 is 22.9 Å². The number of rotatable bonds is 4. The van der Waals surface area contributed by atoms with E-state index in [1.807, 2.05) is 55.9 Å². The van der Waals surface area contributed by atoms with Gasteiger partial charge in [0.1, 0.15) is 0 Å². The third-order valence-corrected chi connectivity index (χ3v) is 4.60. The summed E-state index contributed by atoms with van der Waals surface area (Å²) in [4.78, 5) is 13.7. The van der Waals surface area contributed by atoms with E-state index < -0.39 is 0 Å². The van der Waals surface area contributed by atoms with Crippen LogP contribution in [-0.2, 0) is 0 Å². The zero-order valence-corrected chi connectivity index (χ0v) is 18.0. The van der Waals surface area contributed by atoms with Crippen molar-refractivity contribution in [3.05, 3.63) is 36.3 Å². The zero-order valence-electron chi connectivity index (χ0n) is 18.0. The van der Waals surface area contributed by atoms with Gasteiger partial charge in [0.2, 0.25) is 5.95 Å². The van der Waals surface area contributed by atoms with E-state index in [1.54, 1.807) is 0 Å². The number of nitrogens with zero attached hydrogens (tertiary/aromatic N) is 5. The van der Waals surface area contributed by atoms with Crippen molar-refractivity contribution in [2.45, 2.75) is 66.0 Å². The van der Waals surface area contributed by atoms with Gasteiger partial charge in [-0.15, -0.1) is 5.10 Å². The zero-order chi connectivity index (χ0) is 21.0. The van der Waals surface area contributed by atoms with Crippen molar-refractivity contribution in [1.29, 1.82) is 0 Å². The lowest BCUT2D eigenvalue weighted by molar-refractivity contribution is 0.371. The molecule has 7 nitrogen and oxygen atoms in total. The van der Waals surface area contributed by atoms with Crippen LogP contribution in [0.1, 0.15) is 52.7 Å². The quantitative estimate of drug-likeness (QED) is 0.635. The highest BCUT2D eigenvalue weighted by molar-refractivity contribution is 5.83. The molecule has 1 saturated carbocycles. The van der Waals surface area contributed by atoms with Crippen LogP contribution in [0.25, 0.3) is 16.8 Å². The first-order valence-corrected chi connectivity index (χ1v) is 10.3. The van der Waals surface area contributed by atoms with E-state index in [0.29, 0.717) is 18.0 Å². The number of nitrogens with one attached hydrogen (secondary N) is 1. The summed E-state index contributed by atoms with van der Waals surface area (Å²) in [5, 5.41) is 7.88. The first kappa shape index (κ1) is 20.9. The fourth-order valence-electron chi connectivity index (χ4n) is 3.21. The van der Waals surface area contributed by atoms with Gasteiger partial charge in [-0.1, -0.05) is 20.3 Å². The molecule has 0 saturated heterocycles. The van der Waals surface area contributed by atoms with Crippen molar-refractivity contribution in [2.24, 2.45) is 10.7 Å². The second kappa shape index (κ2) is 9.13. The second-order valence-electron chi connectivity index (χ2n) is 7.78. The van der Waals surface area contributed by atoms with E-state index in [0.717, 1.165) is 46.7 Å². The summed E-state index contributed by atoms with van der Waals surface area (Å²) in [7, 11) is 0. The number of aromatic nitrogens is 4. The molecular formula is C22H31N7. The van der Waals surface area contributed by atoms with Crippen LogP contribution < -0.4 is 11.1 Å². The summed E-state index contributed by atoms with van der Waals surface area (Å²) in [6, 6.07) is 6.68. The van der Waals surface area contributed by atoms with Gasteiger partial charge < -0.3 is 11.1 Å². The van der Waals surface area contributed by atoms with Gasteiger partial charge in [0, 0.05) is 29.6 Å². The maximum atomic E-state index is 5.83. The fourth-order valence-corrected chi connectivity index (χ4v) is 3.21. The summed E-state index contributed by atoms with van der Waals surface area (Å²) in [5.74, 6) is 0.629. The maximum absolute atomic E-state index is 5.83. The van der Waals surface area contributed by atoms with Gasteiger partial charge in [-0.25, -0.2) is 9.50 Å². The molecule has 3 N–H and O–H groups in total. The summed E-state index contributed by atoms with van der Waals surface area (Å²) in [6.45, 7) is 10.2. The lowest BCUT2D eigenvalue weighted by Gasteiger charge is -2.32. The summed E-state index contributed by atoms with van der Waals surface area (Å²) >= 11 is 0. The van der Waals surface area contributed by atoms with Gasteiger partial charge in [0.15, 0.2) is 0 Å². The Morgan fingerprint density at radius 3 is 2.59 bits per heavy atom. The topological polar surface area (TPSA) is 93.5 Å². The van der Waals surface area contributed by atoms with Crippen LogP contribution >= 0.6 is 0 Å². The number of pyridine rings is 1. The monoisotopic (exact) mass is 393 g/mol. The molecule has 0 unspecified atom stereocenters. The van der Waals surface area contributed by atoms with E-state index in [-0.39, 0.29) is 0 Å². The summed E-state index contributed by atoms with van der Waals surface area (Å²) in [5.41, 5.74) is 11.5. The molecule has 0 amide bonds. The van der Waals surface area contributed by atoms with Crippen LogP contribution in [0.5, 0.6) is 0 Å². The van der Waals surface area contributed by atoms with Crippen LogP contribution in [0.2, 0.25) is 0 Å². The predicted octanol–water partition coefficient (Wildman–Crippen LogP) is 4.53. The van der Waals surface area contributed by atoms with Crippen LogP contribution in [0, 0.1) is 6.92 Å². The highest BCUT2D eigenvalue weighted by atomic mass is 15.3. The van der Waals surface area contributed by atoms with Crippen molar-refractivity contribution in [1.82, 2.24) is 19.6 Å². The normalized spacial score (nSPS) is 17.9. The molecule has 7 heteroatoms. The smallest absolute Gasteiger partial charge is 0.241 e. The highest BCUT2D eigenvalue weighted by Crippen LogP contribution is 2.27. The average molecular weight is 394 g/mol. The van der Waals surface area contributed by atoms with Crippen molar-refractivity contribution < 1.29 is 0 Å². The van der Waals surface area contributed by atoms with Crippen LogP contribution in [0.4, 0.5) is 11.6 Å². The van der Waals surface area contributed by atoms with Crippen LogP contribution in [-0.4, -0.2) is 37.4 Å². The number of anilines is 1. The molecule has 3 aromatic rings. The molecule has 0 bridgehead atoms. The first-order valence-electron chi connectivity index (χ1n) is 10.3. The maximum Gasteiger partial charge on any atom is 0.241 e. The number of hydrogen-bond acceptors (Lipinski definition) is 6. The van der Waals surface area contributed by atoms with Gasteiger partial charge in [-0.2, -0.15) is 0 Å². The molecule has 0 atom stereocenters. The Labute approximate surface area is 172 Å². The highest BCUT2D eigenvalue weighted by Gasteiger charge is 2.26. The third-order valence-electron chi connectivity index (χ3n) is 4.60. The first-order chi connectivity index (χ1) is 13.9.